The molecule has 228 valence electrons. The molecule has 2 fully saturated rings. The number of benzene rings is 3. The normalized spacial score (nSPS) is 22.3. The van der Waals surface area contributed by atoms with E-state index >= 15 is 0 Å². The van der Waals surface area contributed by atoms with E-state index in [1.54, 1.807) is 77.7 Å². The van der Waals surface area contributed by atoms with E-state index in [4.69, 9.17) is 39.5 Å². The first-order valence-electron chi connectivity index (χ1n) is 13.9. The second-order valence-electron chi connectivity index (χ2n) is 10.8. The van der Waals surface area contributed by atoms with Crippen LogP contribution in [0.15, 0.2) is 72.8 Å². The molecule has 3 aromatic carbocycles. The van der Waals surface area contributed by atoms with Crippen molar-refractivity contribution >= 4 is 56.7 Å². The van der Waals surface area contributed by atoms with E-state index in [9.17, 15) is 23.1 Å². The number of hydrogen-bond acceptors (Lipinski definition) is 5. The zero-order valence-corrected chi connectivity index (χ0v) is 26.3. The van der Waals surface area contributed by atoms with Crippen LogP contribution in [-0.2, 0) is 29.1 Å². The number of carboxylic acid groups (broad SMARTS) is 1. The number of nitrogens with one attached hydrogen (secondary N) is 1. The van der Waals surface area contributed by atoms with E-state index in [2.05, 4.69) is 4.72 Å². The molecule has 1 heterocycles. The number of carbonyl (C=O) groups excluding carboxylic acids is 1. The zero-order chi connectivity index (χ0) is 30.9. The van der Waals surface area contributed by atoms with Crippen LogP contribution in [-0.4, -0.2) is 49.0 Å². The average Bonchev–Trinajstić information content (AvgIpc) is 3.78. The fourth-order valence-electron chi connectivity index (χ4n) is 5.81. The van der Waals surface area contributed by atoms with Crippen LogP contribution in [0.1, 0.15) is 61.4 Å². The number of carbonyl (C=O) groups is 2. The molecule has 2 aliphatic rings. The standard InChI is InChI=1S/C31H31Cl3N2O6S/c1-2-23(18-35-43(40,41)31(14-15-31)24-8-3-4-9-25(24)34)36-28(19-10-12-21(32)13-11-19)29(20-6-5-7-22(33)16-20)42-26(30(36)39)17-27(37)38/h3-13,16,23,26,28-29,35H,2,14-15,17-18H2,1H3,(H,37,38)/t23-,26-,28+,29+/m0/s1. The molecule has 4 atom stereocenters. The number of aliphatic carboxylic acids is 1. The summed E-state index contributed by atoms with van der Waals surface area (Å²) in [5, 5.41) is 11.0. The summed E-state index contributed by atoms with van der Waals surface area (Å²) < 4.78 is 35.4. The van der Waals surface area contributed by atoms with Crippen molar-refractivity contribution in [3.8, 4) is 0 Å². The molecule has 0 spiro atoms. The summed E-state index contributed by atoms with van der Waals surface area (Å²) in [7, 11) is -3.91. The first-order valence-corrected chi connectivity index (χ1v) is 16.5. The third-order valence-corrected chi connectivity index (χ3v) is 11.2. The molecule has 0 radical (unpaired) electrons. The summed E-state index contributed by atoms with van der Waals surface area (Å²) in [6.07, 6.45) is -1.44. The van der Waals surface area contributed by atoms with Gasteiger partial charge in [-0.25, -0.2) is 13.1 Å². The molecule has 2 N–H and O–H groups in total. The summed E-state index contributed by atoms with van der Waals surface area (Å²) in [5.41, 5.74) is 1.88. The van der Waals surface area contributed by atoms with E-state index in [0.717, 1.165) is 0 Å². The van der Waals surface area contributed by atoms with E-state index in [1.807, 2.05) is 6.92 Å². The fourth-order valence-corrected chi connectivity index (χ4v) is 8.30. The minimum atomic E-state index is -3.91. The van der Waals surface area contributed by atoms with E-state index < -0.39 is 57.4 Å². The molecule has 1 saturated carbocycles. The summed E-state index contributed by atoms with van der Waals surface area (Å²) in [4.78, 5) is 27.4. The summed E-state index contributed by atoms with van der Waals surface area (Å²) in [6, 6.07) is 19.4. The SMILES string of the molecule is CC[C@@H](CNS(=O)(=O)C1(c2ccccc2Cl)CC1)N1C(=O)[C@H](CC(=O)O)O[C@H](c2cccc(Cl)c2)[C@H]1c1ccc(Cl)cc1. The number of morpholine rings is 1. The van der Waals surface area contributed by atoms with Crippen LogP contribution in [0.25, 0.3) is 0 Å². The molecular weight excluding hydrogens is 635 g/mol. The van der Waals surface area contributed by atoms with Crippen LogP contribution in [0.2, 0.25) is 15.1 Å². The second-order valence-corrected chi connectivity index (χ2v) is 14.2. The van der Waals surface area contributed by atoms with Gasteiger partial charge >= 0.3 is 5.97 Å². The number of rotatable bonds is 11. The highest BCUT2D eigenvalue weighted by Gasteiger charge is 2.57. The quantitative estimate of drug-likeness (QED) is 0.241. The molecule has 3 aromatic rings. The van der Waals surface area contributed by atoms with E-state index in [-0.39, 0.29) is 6.54 Å². The lowest BCUT2D eigenvalue weighted by Crippen LogP contribution is -2.57. The Morgan fingerprint density at radius 3 is 2.33 bits per heavy atom. The number of halogens is 3. The minimum absolute atomic E-state index is 0.0943. The molecule has 1 amide bonds. The number of hydrogen-bond donors (Lipinski definition) is 2. The Hall–Kier alpha value is -2.66. The Morgan fingerprint density at radius 1 is 1.02 bits per heavy atom. The zero-order valence-electron chi connectivity index (χ0n) is 23.3. The third kappa shape index (κ3) is 6.43. The third-order valence-electron chi connectivity index (χ3n) is 8.13. The maximum atomic E-state index is 14.0. The molecule has 8 nitrogen and oxygen atoms in total. The van der Waals surface area contributed by atoms with Gasteiger partial charge in [0.25, 0.3) is 5.91 Å². The van der Waals surface area contributed by atoms with Gasteiger partial charge in [-0.15, -0.1) is 0 Å². The molecule has 0 aromatic heterocycles. The highest BCUT2D eigenvalue weighted by atomic mass is 35.5. The van der Waals surface area contributed by atoms with Crippen molar-refractivity contribution in [2.24, 2.45) is 0 Å². The van der Waals surface area contributed by atoms with Crippen molar-refractivity contribution in [2.75, 3.05) is 6.54 Å². The maximum Gasteiger partial charge on any atom is 0.306 e. The lowest BCUT2D eigenvalue weighted by Gasteiger charge is -2.48. The molecule has 0 bridgehead atoms. The molecule has 12 heteroatoms. The van der Waals surface area contributed by atoms with Gasteiger partial charge in [0.05, 0.1) is 12.5 Å². The molecule has 0 unspecified atom stereocenters. The Balaban J connectivity index is 1.54. The van der Waals surface area contributed by atoms with Gasteiger partial charge in [0.15, 0.2) is 0 Å². The van der Waals surface area contributed by atoms with Crippen LogP contribution in [0.3, 0.4) is 0 Å². The lowest BCUT2D eigenvalue weighted by atomic mass is 9.89. The van der Waals surface area contributed by atoms with Crippen LogP contribution in [0.4, 0.5) is 0 Å². The topological polar surface area (TPSA) is 113 Å². The molecule has 1 aliphatic heterocycles. The number of sulfonamides is 1. The highest BCUT2D eigenvalue weighted by Crippen LogP contribution is 2.54. The van der Waals surface area contributed by atoms with Gasteiger partial charge in [0.1, 0.15) is 17.0 Å². The number of nitrogens with zero attached hydrogens (tertiary/aromatic N) is 1. The summed E-state index contributed by atoms with van der Waals surface area (Å²) in [5.74, 6) is -1.74. The molecular formula is C31H31Cl3N2O6S. The molecule has 43 heavy (non-hydrogen) atoms. The monoisotopic (exact) mass is 664 g/mol. The average molecular weight is 666 g/mol. The minimum Gasteiger partial charge on any atom is -0.481 e. The first kappa shape index (κ1) is 31.8. The van der Waals surface area contributed by atoms with Gasteiger partial charge < -0.3 is 14.7 Å². The van der Waals surface area contributed by atoms with Gasteiger partial charge in [-0.1, -0.05) is 84.2 Å². The largest absolute Gasteiger partial charge is 0.481 e. The molecule has 5 rings (SSSR count). The predicted octanol–water partition coefficient (Wildman–Crippen LogP) is 6.52. The van der Waals surface area contributed by atoms with E-state index in [1.165, 1.54) is 0 Å². The Bertz CT molecular complexity index is 1610. The number of ether oxygens (including phenoxy) is 1. The Labute approximate surface area is 265 Å². The number of amides is 1. The van der Waals surface area contributed by atoms with Crippen LogP contribution in [0.5, 0.6) is 0 Å². The highest BCUT2D eigenvalue weighted by molar-refractivity contribution is 7.90. The molecule has 1 saturated heterocycles. The lowest BCUT2D eigenvalue weighted by molar-refractivity contribution is -0.183. The van der Waals surface area contributed by atoms with Crippen molar-refractivity contribution in [3.63, 3.8) is 0 Å². The fraction of sp³-hybridized carbons (Fsp3) is 0.355. The van der Waals surface area contributed by atoms with Gasteiger partial charge in [0.2, 0.25) is 10.0 Å². The summed E-state index contributed by atoms with van der Waals surface area (Å²) in [6.45, 7) is 1.76. The van der Waals surface area contributed by atoms with Crippen molar-refractivity contribution < 1.29 is 27.9 Å². The van der Waals surface area contributed by atoms with Gasteiger partial charge in [-0.2, -0.15) is 0 Å². The summed E-state index contributed by atoms with van der Waals surface area (Å²) >= 11 is 18.9. The van der Waals surface area contributed by atoms with Gasteiger partial charge in [-0.3, -0.25) is 9.59 Å². The maximum absolute atomic E-state index is 14.0. The van der Waals surface area contributed by atoms with Crippen LogP contribution in [0, 0.1) is 0 Å². The molecule has 1 aliphatic carbocycles. The van der Waals surface area contributed by atoms with Gasteiger partial charge in [-0.05, 0) is 66.3 Å². The number of carboxylic acids is 1. The smallest absolute Gasteiger partial charge is 0.306 e. The van der Waals surface area contributed by atoms with Crippen LogP contribution < -0.4 is 4.72 Å². The van der Waals surface area contributed by atoms with Crippen LogP contribution >= 0.6 is 34.8 Å². The van der Waals surface area contributed by atoms with Gasteiger partial charge in [0, 0.05) is 27.7 Å². The van der Waals surface area contributed by atoms with Crippen molar-refractivity contribution in [1.29, 1.82) is 0 Å². The Morgan fingerprint density at radius 2 is 1.72 bits per heavy atom. The van der Waals surface area contributed by atoms with Crippen molar-refractivity contribution in [2.45, 2.75) is 61.6 Å². The Kier molecular flexibility index (Phi) is 9.42. The van der Waals surface area contributed by atoms with E-state index in [0.29, 0.717) is 51.0 Å². The predicted molar refractivity (Wildman–Crippen MR) is 166 cm³/mol. The first-order chi connectivity index (χ1) is 20.5. The second kappa shape index (κ2) is 12.8. The van der Waals surface area contributed by atoms with Crippen molar-refractivity contribution in [1.82, 2.24) is 9.62 Å². The van der Waals surface area contributed by atoms with Crippen molar-refractivity contribution in [3.05, 3.63) is 105 Å².